The summed E-state index contributed by atoms with van der Waals surface area (Å²) in [5.41, 5.74) is 4.99. The Labute approximate surface area is 143 Å². The number of hydrazone groups is 1. The van der Waals surface area contributed by atoms with Crippen LogP contribution in [0.4, 0.5) is 4.39 Å². The van der Waals surface area contributed by atoms with E-state index in [4.69, 9.17) is 4.74 Å². The molecule has 0 aliphatic rings. The number of hydrogen-bond donors (Lipinski definition) is 2. The Hall–Kier alpha value is -3.48. The molecule has 7 heteroatoms. The van der Waals surface area contributed by atoms with Crippen LogP contribution in [0, 0.1) is 5.82 Å². The minimum atomic E-state index is -0.359. The normalized spacial score (nSPS) is 10.8. The van der Waals surface area contributed by atoms with Gasteiger partial charge in [0.2, 0.25) is 0 Å². The number of amides is 1. The summed E-state index contributed by atoms with van der Waals surface area (Å²) in [5, 5.41) is 10.7. The van der Waals surface area contributed by atoms with E-state index in [9.17, 15) is 9.18 Å². The van der Waals surface area contributed by atoms with Gasteiger partial charge in [0.15, 0.2) is 0 Å². The van der Waals surface area contributed by atoms with Crippen LogP contribution in [0.3, 0.4) is 0 Å². The number of carbonyl (C=O) groups excluding carboxylic acids is 1. The Morgan fingerprint density at radius 1 is 1.28 bits per heavy atom. The van der Waals surface area contributed by atoms with Gasteiger partial charge in [-0.05, 0) is 42.5 Å². The standard InChI is InChI=1S/C18H15FN4O2/c1-25-16-4-2-3-13(9-16)18(24)23-21-11-14-10-20-22-17(14)12-5-7-15(19)8-6-12/h2-11H,1H3,(H,20,22)(H,23,24)/b21-11+. The molecule has 6 nitrogen and oxygen atoms in total. The molecule has 0 aliphatic heterocycles. The number of H-pyrrole nitrogens is 1. The van der Waals surface area contributed by atoms with E-state index < -0.39 is 0 Å². The zero-order valence-electron chi connectivity index (χ0n) is 13.4. The van der Waals surface area contributed by atoms with Crippen molar-refractivity contribution in [2.24, 2.45) is 5.10 Å². The highest BCUT2D eigenvalue weighted by Gasteiger charge is 2.07. The summed E-state index contributed by atoms with van der Waals surface area (Å²) in [5.74, 6) is -0.0870. The molecule has 1 heterocycles. The third-order valence-corrected chi connectivity index (χ3v) is 3.50. The maximum atomic E-state index is 13.0. The van der Waals surface area contributed by atoms with E-state index in [1.807, 2.05) is 0 Å². The van der Waals surface area contributed by atoms with Gasteiger partial charge < -0.3 is 4.74 Å². The van der Waals surface area contributed by atoms with Gasteiger partial charge in [-0.25, -0.2) is 9.82 Å². The zero-order valence-corrected chi connectivity index (χ0v) is 13.4. The minimum Gasteiger partial charge on any atom is -0.497 e. The molecule has 3 aromatic rings. The average Bonchev–Trinajstić information content (AvgIpc) is 3.11. The maximum Gasteiger partial charge on any atom is 0.271 e. The van der Waals surface area contributed by atoms with Crippen LogP contribution < -0.4 is 10.2 Å². The highest BCUT2D eigenvalue weighted by Crippen LogP contribution is 2.20. The first-order valence-electron chi connectivity index (χ1n) is 7.44. The Morgan fingerprint density at radius 2 is 2.08 bits per heavy atom. The summed E-state index contributed by atoms with van der Waals surface area (Å²) in [4.78, 5) is 12.1. The van der Waals surface area contributed by atoms with E-state index >= 15 is 0 Å². The monoisotopic (exact) mass is 338 g/mol. The molecular formula is C18H15FN4O2. The first kappa shape index (κ1) is 16.4. The molecule has 2 aromatic carbocycles. The fourth-order valence-corrected chi connectivity index (χ4v) is 2.23. The second-order valence-electron chi connectivity index (χ2n) is 5.14. The molecule has 0 aliphatic carbocycles. The molecule has 25 heavy (non-hydrogen) atoms. The van der Waals surface area contributed by atoms with Gasteiger partial charge in [0.1, 0.15) is 11.6 Å². The van der Waals surface area contributed by atoms with Crippen molar-refractivity contribution in [1.82, 2.24) is 15.6 Å². The molecular weight excluding hydrogens is 323 g/mol. The van der Waals surface area contributed by atoms with Crippen molar-refractivity contribution in [2.75, 3.05) is 7.11 Å². The maximum absolute atomic E-state index is 13.0. The number of nitrogens with zero attached hydrogens (tertiary/aromatic N) is 2. The fraction of sp³-hybridized carbons (Fsp3) is 0.0556. The predicted molar refractivity (Wildman–Crippen MR) is 92.0 cm³/mol. The summed E-state index contributed by atoms with van der Waals surface area (Å²) >= 11 is 0. The van der Waals surface area contributed by atoms with Gasteiger partial charge >= 0.3 is 0 Å². The van der Waals surface area contributed by atoms with Gasteiger partial charge in [-0.2, -0.15) is 10.2 Å². The molecule has 0 saturated carbocycles. The first-order valence-corrected chi connectivity index (χ1v) is 7.44. The van der Waals surface area contributed by atoms with Crippen molar-refractivity contribution in [3.05, 3.63) is 71.7 Å². The molecule has 0 bridgehead atoms. The van der Waals surface area contributed by atoms with Gasteiger partial charge in [0, 0.05) is 16.7 Å². The molecule has 1 amide bonds. The van der Waals surface area contributed by atoms with E-state index in [1.165, 1.54) is 25.5 Å². The SMILES string of the molecule is COc1cccc(C(=O)N/N=C/c2cn[nH]c2-c2ccc(F)cc2)c1. The van der Waals surface area contributed by atoms with Crippen molar-refractivity contribution < 1.29 is 13.9 Å². The number of methoxy groups -OCH3 is 1. The number of ether oxygens (including phenoxy) is 1. The van der Waals surface area contributed by atoms with E-state index in [-0.39, 0.29) is 11.7 Å². The number of hydrogen-bond acceptors (Lipinski definition) is 4. The molecule has 0 atom stereocenters. The van der Waals surface area contributed by atoms with Crippen LogP contribution in [0.5, 0.6) is 5.75 Å². The van der Waals surface area contributed by atoms with Gasteiger partial charge in [-0.15, -0.1) is 0 Å². The molecule has 0 unspecified atom stereocenters. The van der Waals surface area contributed by atoms with Crippen LogP contribution in [0.15, 0.2) is 59.8 Å². The molecule has 126 valence electrons. The molecule has 2 N–H and O–H groups in total. The highest BCUT2D eigenvalue weighted by atomic mass is 19.1. The molecule has 3 rings (SSSR count). The van der Waals surface area contributed by atoms with Crippen molar-refractivity contribution in [3.8, 4) is 17.0 Å². The lowest BCUT2D eigenvalue weighted by Gasteiger charge is -2.03. The lowest BCUT2D eigenvalue weighted by Crippen LogP contribution is -2.17. The van der Waals surface area contributed by atoms with Crippen LogP contribution in [-0.4, -0.2) is 29.4 Å². The van der Waals surface area contributed by atoms with E-state index in [2.05, 4.69) is 20.7 Å². The largest absolute Gasteiger partial charge is 0.497 e. The van der Waals surface area contributed by atoms with E-state index in [0.29, 0.717) is 22.6 Å². The molecule has 0 spiro atoms. The summed E-state index contributed by atoms with van der Waals surface area (Å²) < 4.78 is 18.1. The van der Waals surface area contributed by atoms with Crippen LogP contribution >= 0.6 is 0 Å². The predicted octanol–water partition coefficient (Wildman–Crippen LogP) is 2.99. The lowest BCUT2D eigenvalue weighted by atomic mass is 10.1. The highest BCUT2D eigenvalue weighted by molar-refractivity contribution is 5.95. The lowest BCUT2D eigenvalue weighted by molar-refractivity contribution is 0.0955. The number of nitrogens with one attached hydrogen (secondary N) is 2. The van der Waals surface area contributed by atoms with Crippen LogP contribution in [0.25, 0.3) is 11.3 Å². The fourth-order valence-electron chi connectivity index (χ4n) is 2.23. The Kier molecular flexibility index (Phi) is 4.84. The average molecular weight is 338 g/mol. The molecule has 1 aromatic heterocycles. The number of benzene rings is 2. The van der Waals surface area contributed by atoms with Crippen LogP contribution in [0.2, 0.25) is 0 Å². The van der Waals surface area contributed by atoms with Gasteiger partial charge in [0.05, 0.1) is 25.2 Å². The summed E-state index contributed by atoms with van der Waals surface area (Å²) in [6, 6.07) is 12.7. The Morgan fingerprint density at radius 3 is 2.84 bits per heavy atom. The second-order valence-corrected chi connectivity index (χ2v) is 5.14. The van der Waals surface area contributed by atoms with Crippen molar-refractivity contribution in [1.29, 1.82) is 0 Å². The Bertz CT molecular complexity index is 903. The number of halogens is 1. The number of aromatic nitrogens is 2. The number of rotatable bonds is 5. The van der Waals surface area contributed by atoms with Gasteiger partial charge in [-0.3, -0.25) is 9.89 Å². The third-order valence-electron chi connectivity index (χ3n) is 3.50. The smallest absolute Gasteiger partial charge is 0.271 e. The van der Waals surface area contributed by atoms with E-state index in [1.54, 1.807) is 42.6 Å². The summed E-state index contributed by atoms with van der Waals surface area (Å²) in [6.45, 7) is 0. The minimum absolute atomic E-state index is 0.316. The Balaban J connectivity index is 1.72. The number of aromatic amines is 1. The molecule has 0 fully saturated rings. The summed E-state index contributed by atoms with van der Waals surface area (Å²) in [7, 11) is 1.53. The van der Waals surface area contributed by atoms with Gasteiger partial charge in [0.25, 0.3) is 5.91 Å². The second kappa shape index (κ2) is 7.39. The van der Waals surface area contributed by atoms with Crippen molar-refractivity contribution in [2.45, 2.75) is 0 Å². The number of carbonyl (C=O) groups is 1. The first-order chi connectivity index (χ1) is 12.2. The van der Waals surface area contributed by atoms with Crippen LogP contribution in [-0.2, 0) is 0 Å². The zero-order chi connectivity index (χ0) is 17.6. The van der Waals surface area contributed by atoms with E-state index in [0.717, 1.165) is 5.56 Å². The quantitative estimate of drug-likeness (QED) is 0.554. The molecule has 0 saturated heterocycles. The van der Waals surface area contributed by atoms with Crippen LogP contribution in [0.1, 0.15) is 15.9 Å². The van der Waals surface area contributed by atoms with Gasteiger partial charge in [-0.1, -0.05) is 6.07 Å². The molecule has 0 radical (unpaired) electrons. The van der Waals surface area contributed by atoms with Crippen molar-refractivity contribution in [3.63, 3.8) is 0 Å². The third kappa shape index (κ3) is 3.89. The summed E-state index contributed by atoms with van der Waals surface area (Å²) in [6.07, 6.45) is 3.04. The topological polar surface area (TPSA) is 79.4 Å². The van der Waals surface area contributed by atoms with Crippen molar-refractivity contribution >= 4 is 12.1 Å².